The van der Waals surface area contributed by atoms with Gasteiger partial charge in [-0.2, -0.15) is 13.2 Å². The maximum absolute atomic E-state index is 12.3. The fourth-order valence-corrected chi connectivity index (χ4v) is 2.79. The Bertz CT molecular complexity index is 714. The van der Waals surface area contributed by atoms with E-state index in [0.29, 0.717) is 12.5 Å². The predicted octanol–water partition coefficient (Wildman–Crippen LogP) is 6.97. The number of unbranched alkanes of at least 4 members (excludes halogenated alkanes) is 6. The number of carbonyl (C=O) groups excluding carboxylic acids is 1. The predicted molar refractivity (Wildman–Crippen MR) is 116 cm³/mol. The topological polar surface area (TPSA) is 95.5 Å². The molecule has 1 aromatic carbocycles. The number of nitro benzene ring substituents is 1. The summed E-state index contributed by atoms with van der Waals surface area (Å²) in [7, 11) is 0. The molecule has 0 bridgehead atoms. The van der Waals surface area contributed by atoms with Crippen molar-refractivity contribution < 1.29 is 27.6 Å². The average molecular weight is 449 g/mol. The van der Waals surface area contributed by atoms with Crippen LogP contribution in [0, 0.1) is 17.0 Å². The van der Waals surface area contributed by atoms with Crippen molar-refractivity contribution in [2.45, 2.75) is 97.8 Å². The van der Waals surface area contributed by atoms with Gasteiger partial charge in [-0.3, -0.25) is 14.9 Å². The van der Waals surface area contributed by atoms with Gasteiger partial charge in [0.2, 0.25) is 0 Å². The second-order valence-electron chi connectivity index (χ2n) is 8.44. The van der Waals surface area contributed by atoms with E-state index >= 15 is 0 Å². The van der Waals surface area contributed by atoms with Gasteiger partial charge < -0.3 is 10.5 Å². The number of anilines is 1. The fraction of sp³-hybridized carbons (Fsp3) is 0.682. The number of alkyl halides is 3. The Morgan fingerprint density at radius 3 is 2.03 bits per heavy atom. The fourth-order valence-electron chi connectivity index (χ4n) is 2.79. The lowest BCUT2D eigenvalue weighted by molar-refractivity contribution is -0.384. The minimum Gasteiger partial charge on any atom is -0.460 e. The molecule has 0 saturated heterocycles. The van der Waals surface area contributed by atoms with Crippen LogP contribution in [0.5, 0.6) is 0 Å². The Labute approximate surface area is 182 Å². The number of benzene rings is 1. The number of nitrogens with zero attached hydrogens (tertiary/aromatic N) is 1. The Morgan fingerprint density at radius 1 is 1.06 bits per heavy atom. The third kappa shape index (κ3) is 12.9. The summed E-state index contributed by atoms with van der Waals surface area (Å²) in [6.45, 7) is 9.11. The molecule has 6 nitrogen and oxygen atoms in total. The van der Waals surface area contributed by atoms with Crippen LogP contribution in [0.2, 0.25) is 0 Å². The summed E-state index contributed by atoms with van der Waals surface area (Å²) in [5.74, 6) is -0.0546. The molecular formula is C22H35F3N2O4. The molecule has 0 atom stereocenters. The summed E-state index contributed by atoms with van der Waals surface area (Å²) in [6, 6.07) is 1.39. The molecule has 0 aliphatic rings. The van der Waals surface area contributed by atoms with Crippen molar-refractivity contribution in [1.82, 2.24) is 0 Å². The van der Waals surface area contributed by atoms with Crippen LogP contribution < -0.4 is 5.73 Å². The number of nitrogens with two attached hydrogens (primary N) is 1. The molecule has 0 fully saturated rings. The quantitative estimate of drug-likeness (QED) is 0.145. The Hall–Kier alpha value is -2.32. The first-order chi connectivity index (χ1) is 14.2. The Kier molecular flexibility index (Phi) is 12.2. The molecule has 0 aliphatic heterocycles. The van der Waals surface area contributed by atoms with E-state index in [2.05, 4.69) is 6.92 Å². The number of nitro groups is 1. The number of halogens is 3. The van der Waals surface area contributed by atoms with Gasteiger partial charge in [-0.25, -0.2) is 0 Å². The van der Waals surface area contributed by atoms with Crippen LogP contribution in [0.4, 0.5) is 24.5 Å². The zero-order chi connectivity index (χ0) is 24.2. The minimum absolute atomic E-state index is 0.0546. The number of hydrogen-bond acceptors (Lipinski definition) is 5. The molecule has 0 saturated carbocycles. The van der Waals surface area contributed by atoms with Gasteiger partial charge in [0, 0.05) is 12.5 Å². The molecule has 178 valence electrons. The highest BCUT2D eigenvalue weighted by Gasteiger charge is 2.34. The normalized spacial score (nSPS) is 11.5. The second kappa shape index (κ2) is 13.2. The number of ether oxygens (including phenoxy) is 1. The van der Waals surface area contributed by atoms with Crippen molar-refractivity contribution in [3.8, 4) is 0 Å². The molecule has 9 heteroatoms. The van der Waals surface area contributed by atoms with E-state index in [1.165, 1.54) is 32.1 Å². The number of carbonyl (C=O) groups is 1. The third-order valence-electron chi connectivity index (χ3n) is 4.28. The number of nitrogen functional groups attached to an aromatic ring is 1. The third-order valence-corrected chi connectivity index (χ3v) is 4.28. The molecule has 31 heavy (non-hydrogen) atoms. The first-order valence-corrected chi connectivity index (χ1v) is 10.5. The number of esters is 1. The maximum Gasteiger partial charge on any atom is 0.416 e. The van der Waals surface area contributed by atoms with E-state index in [0.717, 1.165) is 25.8 Å². The van der Waals surface area contributed by atoms with Gasteiger partial charge in [0.1, 0.15) is 11.3 Å². The Balaban J connectivity index is 0.000000581. The van der Waals surface area contributed by atoms with E-state index in [-0.39, 0.29) is 17.1 Å². The van der Waals surface area contributed by atoms with Gasteiger partial charge in [-0.15, -0.1) is 0 Å². The van der Waals surface area contributed by atoms with Gasteiger partial charge in [0.05, 0.1) is 10.5 Å². The molecule has 0 heterocycles. The molecule has 0 aliphatic carbocycles. The SMILES string of the molecule is CCCCCCCCCC(=O)OC(C)(C)C.Cc1cc([N+](=O)[O-])c(N)cc1C(F)(F)F. The van der Waals surface area contributed by atoms with Crippen molar-refractivity contribution in [2.75, 3.05) is 5.73 Å². The highest BCUT2D eigenvalue weighted by Crippen LogP contribution is 2.36. The second-order valence-corrected chi connectivity index (χ2v) is 8.44. The summed E-state index contributed by atoms with van der Waals surface area (Å²) in [6.07, 6.45) is 4.68. The van der Waals surface area contributed by atoms with Crippen LogP contribution in [-0.2, 0) is 15.7 Å². The smallest absolute Gasteiger partial charge is 0.416 e. The molecule has 1 aromatic rings. The molecule has 0 aromatic heterocycles. The van der Waals surface area contributed by atoms with Gasteiger partial charge in [-0.05, 0) is 45.7 Å². The monoisotopic (exact) mass is 448 g/mol. The van der Waals surface area contributed by atoms with Crippen LogP contribution >= 0.6 is 0 Å². The molecular weight excluding hydrogens is 413 g/mol. The summed E-state index contributed by atoms with van der Waals surface area (Å²) in [5.41, 5.74) is 2.64. The molecule has 0 amide bonds. The van der Waals surface area contributed by atoms with Crippen LogP contribution in [0.1, 0.15) is 90.2 Å². The van der Waals surface area contributed by atoms with Gasteiger partial charge >= 0.3 is 12.1 Å². The summed E-state index contributed by atoms with van der Waals surface area (Å²) in [4.78, 5) is 20.9. The summed E-state index contributed by atoms with van der Waals surface area (Å²) >= 11 is 0. The van der Waals surface area contributed by atoms with Crippen LogP contribution in [0.3, 0.4) is 0 Å². The van der Waals surface area contributed by atoms with Gasteiger partial charge in [0.15, 0.2) is 0 Å². The van der Waals surface area contributed by atoms with E-state index in [1.807, 2.05) is 20.8 Å². The average Bonchev–Trinajstić information content (AvgIpc) is 2.60. The van der Waals surface area contributed by atoms with Gasteiger partial charge in [0.25, 0.3) is 5.69 Å². The van der Waals surface area contributed by atoms with Crippen LogP contribution in [0.15, 0.2) is 12.1 Å². The first kappa shape index (κ1) is 28.7. The standard InChI is InChI=1S/C14H28O2.C8H7F3N2O2/c1-5-6-7-8-9-10-11-12-13(15)16-14(2,3)4;1-4-2-7(13(14)15)6(12)3-5(4)8(9,10)11/h5-12H2,1-4H3;2-3H,12H2,1H3. The van der Waals surface area contributed by atoms with Crippen molar-refractivity contribution in [2.24, 2.45) is 0 Å². The number of rotatable bonds is 9. The van der Waals surface area contributed by atoms with Crippen LogP contribution in [0.25, 0.3) is 0 Å². The van der Waals surface area contributed by atoms with E-state index in [9.17, 15) is 28.1 Å². The largest absolute Gasteiger partial charge is 0.460 e. The summed E-state index contributed by atoms with van der Waals surface area (Å²) < 4.78 is 42.3. The molecule has 0 spiro atoms. The first-order valence-electron chi connectivity index (χ1n) is 10.5. The number of aryl methyl sites for hydroxylation is 1. The maximum atomic E-state index is 12.3. The lowest BCUT2D eigenvalue weighted by atomic mass is 10.1. The Morgan fingerprint density at radius 2 is 1.58 bits per heavy atom. The van der Waals surface area contributed by atoms with Crippen molar-refractivity contribution >= 4 is 17.3 Å². The van der Waals surface area contributed by atoms with E-state index < -0.39 is 28.0 Å². The zero-order valence-electron chi connectivity index (χ0n) is 19.1. The molecule has 2 N–H and O–H groups in total. The molecule has 0 unspecified atom stereocenters. The van der Waals surface area contributed by atoms with Crippen molar-refractivity contribution in [1.29, 1.82) is 0 Å². The van der Waals surface area contributed by atoms with Crippen molar-refractivity contribution in [3.63, 3.8) is 0 Å². The van der Waals surface area contributed by atoms with Gasteiger partial charge in [-0.1, -0.05) is 45.4 Å². The lowest BCUT2D eigenvalue weighted by Gasteiger charge is -2.19. The summed E-state index contributed by atoms with van der Waals surface area (Å²) in [5, 5.41) is 10.4. The van der Waals surface area contributed by atoms with Crippen LogP contribution in [-0.4, -0.2) is 16.5 Å². The van der Waals surface area contributed by atoms with E-state index in [1.54, 1.807) is 0 Å². The molecule has 1 rings (SSSR count). The molecule has 0 radical (unpaired) electrons. The van der Waals surface area contributed by atoms with E-state index in [4.69, 9.17) is 10.5 Å². The zero-order valence-corrected chi connectivity index (χ0v) is 19.1. The lowest BCUT2D eigenvalue weighted by Crippen LogP contribution is -2.23. The van der Waals surface area contributed by atoms with Crippen molar-refractivity contribution in [3.05, 3.63) is 33.4 Å². The highest BCUT2D eigenvalue weighted by molar-refractivity contribution is 5.69. The highest BCUT2D eigenvalue weighted by atomic mass is 19.4. The minimum atomic E-state index is -4.55. The number of hydrogen-bond donors (Lipinski definition) is 1.